The van der Waals surface area contributed by atoms with E-state index in [-0.39, 0.29) is 6.54 Å². The molecule has 0 amide bonds. The highest BCUT2D eigenvalue weighted by molar-refractivity contribution is 6.05. The molecule has 13 heavy (non-hydrogen) atoms. The van der Waals surface area contributed by atoms with Gasteiger partial charge in [-0.05, 0) is 12.1 Å². The second kappa shape index (κ2) is 2.84. The molecule has 1 aromatic rings. The van der Waals surface area contributed by atoms with E-state index < -0.39 is 0 Å². The molecule has 0 N–H and O–H groups in total. The first kappa shape index (κ1) is 7.71. The molecular formula is C9H7N3O. The molecule has 0 spiro atoms. The largest absolute Gasteiger partial charge is 0.623 e. The third kappa shape index (κ3) is 1.23. The quantitative estimate of drug-likeness (QED) is 0.246. The molecule has 0 atom stereocenters. The van der Waals surface area contributed by atoms with Gasteiger partial charge in [0.15, 0.2) is 6.21 Å². The molecule has 64 valence electrons. The summed E-state index contributed by atoms with van der Waals surface area (Å²) in [4.78, 5) is 3.09. The lowest BCUT2D eigenvalue weighted by atomic mass is 10.0. The van der Waals surface area contributed by atoms with Crippen molar-refractivity contribution in [3.8, 4) is 0 Å². The van der Waals surface area contributed by atoms with Gasteiger partial charge in [0.25, 0.3) is 6.54 Å². The van der Waals surface area contributed by atoms with Crippen molar-refractivity contribution in [3.63, 3.8) is 0 Å². The van der Waals surface area contributed by atoms with Gasteiger partial charge in [0.05, 0.1) is 11.1 Å². The van der Waals surface area contributed by atoms with Gasteiger partial charge in [-0.3, -0.25) is 0 Å². The van der Waals surface area contributed by atoms with Crippen LogP contribution in [-0.2, 0) is 0 Å². The fourth-order valence-corrected chi connectivity index (χ4v) is 1.39. The lowest BCUT2D eigenvalue weighted by molar-refractivity contribution is -0.438. The minimum Gasteiger partial charge on any atom is -0.623 e. The van der Waals surface area contributed by atoms with Crippen LogP contribution in [0.15, 0.2) is 24.3 Å². The van der Waals surface area contributed by atoms with Crippen molar-refractivity contribution >= 4 is 11.9 Å². The van der Waals surface area contributed by atoms with Gasteiger partial charge in [-0.25, -0.2) is 0 Å². The Morgan fingerprint density at radius 1 is 1.38 bits per heavy atom. The molecule has 1 heterocycles. The Hall–Kier alpha value is -1.93. The molecular weight excluding hydrogens is 166 g/mol. The van der Waals surface area contributed by atoms with Gasteiger partial charge in [-0.2, -0.15) is 9.53 Å². The van der Waals surface area contributed by atoms with Crippen LogP contribution in [-0.4, -0.2) is 28.0 Å². The molecule has 0 bridgehead atoms. The highest BCUT2D eigenvalue weighted by atomic mass is 16.5. The highest BCUT2D eigenvalue weighted by Crippen LogP contribution is 2.10. The summed E-state index contributed by atoms with van der Waals surface area (Å²) in [5, 5.41) is 11.1. The summed E-state index contributed by atoms with van der Waals surface area (Å²) in [6.07, 6.45) is 1.49. The molecule has 0 fully saturated rings. The average Bonchev–Trinajstić information content (AvgIpc) is 2.16. The summed E-state index contributed by atoms with van der Waals surface area (Å²) in [5.74, 6) is 0. The lowest BCUT2D eigenvalue weighted by Gasteiger charge is -2.08. The Kier molecular flexibility index (Phi) is 1.69. The Morgan fingerprint density at radius 3 is 2.92 bits per heavy atom. The summed E-state index contributed by atoms with van der Waals surface area (Å²) < 4.78 is 0.747. The van der Waals surface area contributed by atoms with Crippen molar-refractivity contribution in [2.24, 2.45) is 0 Å². The van der Waals surface area contributed by atoms with Crippen molar-refractivity contribution in [1.29, 1.82) is 0 Å². The van der Waals surface area contributed by atoms with Crippen molar-refractivity contribution in [1.82, 2.24) is 0 Å². The Balaban J connectivity index is 2.68. The van der Waals surface area contributed by atoms with E-state index in [1.807, 2.05) is 24.3 Å². The van der Waals surface area contributed by atoms with Gasteiger partial charge >= 0.3 is 5.71 Å². The number of benzene rings is 1. The maximum absolute atomic E-state index is 11.1. The van der Waals surface area contributed by atoms with Crippen LogP contribution in [0.2, 0.25) is 0 Å². The molecule has 0 saturated carbocycles. The number of hydroxylamine groups is 1. The first-order valence-electron chi connectivity index (χ1n) is 3.90. The van der Waals surface area contributed by atoms with Crippen LogP contribution in [0.5, 0.6) is 0 Å². The fraction of sp³-hybridized carbons (Fsp3) is 0.111. The molecule has 1 aliphatic heterocycles. The number of hydrogen-bond acceptors (Lipinski definition) is 1. The highest BCUT2D eigenvalue weighted by Gasteiger charge is 2.24. The molecule has 0 aromatic heterocycles. The zero-order chi connectivity index (χ0) is 9.26. The summed E-state index contributed by atoms with van der Waals surface area (Å²) >= 11 is 0. The maximum Gasteiger partial charge on any atom is 0.365 e. The Labute approximate surface area is 75.0 Å². The molecule has 1 aliphatic rings. The summed E-state index contributed by atoms with van der Waals surface area (Å²) in [7, 11) is 0. The van der Waals surface area contributed by atoms with Gasteiger partial charge in [0.1, 0.15) is 0 Å². The van der Waals surface area contributed by atoms with Gasteiger partial charge in [-0.15, -0.1) is 0 Å². The second-order valence-electron chi connectivity index (χ2n) is 2.84. The van der Waals surface area contributed by atoms with Crippen LogP contribution in [0.1, 0.15) is 11.1 Å². The fourth-order valence-electron chi connectivity index (χ4n) is 1.39. The van der Waals surface area contributed by atoms with Crippen LogP contribution in [0.4, 0.5) is 0 Å². The third-order valence-corrected chi connectivity index (χ3v) is 1.98. The van der Waals surface area contributed by atoms with Crippen LogP contribution >= 0.6 is 0 Å². The van der Waals surface area contributed by atoms with Crippen LogP contribution in [0.3, 0.4) is 0 Å². The minimum absolute atomic E-state index is 0.105. The third-order valence-electron chi connectivity index (χ3n) is 1.98. The van der Waals surface area contributed by atoms with E-state index >= 15 is 0 Å². The first-order valence-corrected chi connectivity index (χ1v) is 3.90. The van der Waals surface area contributed by atoms with Crippen molar-refractivity contribution in [3.05, 3.63) is 46.1 Å². The molecule has 1 aromatic carbocycles. The molecule has 2 rings (SSSR count). The second-order valence-corrected chi connectivity index (χ2v) is 2.84. The molecule has 4 heteroatoms. The van der Waals surface area contributed by atoms with E-state index in [1.54, 1.807) is 0 Å². The molecule has 0 radical (unpaired) electrons. The van der Waals surface area contributed by atoms with E-state index in [2.05, 4.69) is 4.79 Å². The monoisotopic (exact) mass is 173 g/mol. The van der Waals surface area contributed by atoms with Crippen molar-refractivity contribution < 1.29 is 9.53 Å². The van der Waals surface area contributed by atoms with Crippen molar-refractivity contribution in [2.45, 2.75) is 0 Å². The van der Waals surface area contributed by atoms with Crippen LogP contribution in [0.25, 0.3) is 5.53 Å². The normalized spacial score (nSPS) is 14.5. The number of nitrogens with zero attached hydrogens (tertiary/aromatic N) is 3. The minimum atomic E-state index is 0.105. The predicted molar refractivity (Wildman–Crippen MR) is 47.8 cm³/mol. The predicted octanol–water partition coefficient (Wildman–Crippen LogP) is 0.648. The number of hydrogen-bond donors (Lipinski definition) is 0. The van der Waals surface area contributed by atoms with E-state index in [9.17, 15) is 5.21 Å². The molecule has 4 nitrogen and oxygen atoms in total. The van der Waals surface area contributed by atoms with Crippen molar-refractivity contribution in [2.75, 3.05) is 6.54 Å². The zero-order valence-electron chi connectivity index (χ0n) is 6.84. The van der Waals surface area contributed by atoms with Crippen LogP contribution in [0, 0.1) is 5.21 Å². The van der Waals surface area contributed by atoms with E-state index in [0.29, 0.717) is 5.71 Å². The molecule has 0 saturated heterocycles. The summed E-state index contributed by atoms with van der Waals surface area (Å²) in [6, 6.07) is 7.32. The van der Waals surface area contributed by atoms with E-state index in [0.717, 1.165) is 15.9 Å². The zero-order valence-corrected chi connectivity index (χ0v) is 6.84. The number of rotatable bonds is 0. The van der Waals surface area contributed by atoms with E-state index in [1.165, 1.54) is 6.21 Å². The molecule has 0 unspecified atom stereocenters. The Morgan fingerprint density at radius 2 is 2.15 bits per heavy atom. The Bertz CT molecular complexity index is 430. The topological polar surface area (TPSA) is 62.5 Å². The van der Waals surface area contributed by atoms with Gasteiger partial charge in [-0.1, -0.05) is 12.1 Å². The standard InChI is InChI=1S/C9H7N3O/c10-11-9-6-12(13)5-7-3-1-2-4-8(7)9/h1-5H,6H2. The molecule has 0 aliphatic carbocycles. The summed E-state index contributed by atoms with van der Waals surface area (Å²) in [5.41, 5.74) is 10.7. The average molecular weight is 173 g/mol. The maximum atomic E-state index is 11.1. The smallest absolute Gasteiger partial charge is 0.365 e. The van der Waals surface area contributed by atoms with Gasteiger partial charge in [0, 0.05) is 0 Å². The SMILES string of the molecule is [N-]=[N+]=C1C[N+]([O-])=Cc2ccccc21. The summed E-state index contributed by atoms with van der Waals surface area (Å²) in [6.45, 7) is 0.105. The van der Waals surface area contributed by atoms with E-state index in [4.69, 9.17) is 5.53 Å². The first-order chi connectivity index (χ1) is 6.31. The van der Waals surface area contributed by atoms with Gasteiger partial charge in [0.2, 0.25) is 0 Å². The van der Waals surface area contributed by atoms with Crippen LogP contribution < -0.4 is 0 Å². The lowest BCUT2D eigenvalue weighted by Crippen LogP contribution is -2.25. The van der Waals surface area contributed by atoms with Gasteiger partial charge < -0.3 is 10.7 Å². The number of fused-ring (bicyclic) bond motifs is 1.